The summed E-state index contributed by atoms with van der Waals surface area (Å²) in [6.45, 7) is -0.568. The van der Waals surface area contributed by atoms with E-state index in [1.165, 1.54) is 43.5 Å². The molecule has 4 rings (SSSR count). The number of hydrogen-bond acceptors (Lipinski definition) is 8. The minimum atomic E-state index is -0.806. The molecule has 0 heterocycles. The standard InChI is InChI=1S/C25H17NO8/c1-32-22-13-15(12-18-24(28)16-6-2-3-7-17(16)25(18)29)10-11-21(22)34-23(27)14-33-20-9-5-4-8-19(20)26(30)31/h2-13H,14H2,1H3. The molecule has 0 bridgehead atoms. The van der Waals surface area contributed by atoms with Gasteiger partial charge in [0.15, 0.2) is 35.4 Å². The maximum atomic E-state index is 12.6. The summed E-state index contributed by atoms with van der Waals surface area (Å²) >= 11 is 0. The van der Waals surface area contributed by atoms with E-state index >= 15 is 0 Å². The Hall–Kier alpha value is -4.79. The fraction of sp³-hybridized carbons (Fsp3) is 0.0800. The third kappa shape index (κ3) is 4.40. The van der Waals surface area contributed by atoms with Gasteiger partial charge in [-0.2, -0.15) is 0 Å². The molecule has 34 heavy (non-hydrogen) atoms. The summed E-state index contributed by atoms with van der Waals surface area (Å²) in [6, 6.07) is 16.8. The van der Waals surface area contributed by atoms with Crippen LogP contribution in [-0.4, -0.2) is 36.2 Å². The van der Waals surface area contributed by atoms with E-state index in [0.29, 0.717) is 16.7 Å². The average Bonchev–Trinajstić information content (AvgIpc) is 3.08. The Kier molecular flexibility index (Phi) is 6.18. The lowest BCUT2D eigenvalue weighted by Gasteiger charge is -2.11. The van der Waals surface area contributed by atoms with Gasteiger partial charge in [0.05, 0.1) is 17.6 Å². The van der Waals surface area contributed by atoms with Crippen molar-refractivity contribution in [1.82, 2.24) is 0 Å². The Labute approximate surface area is 193 Å². The van der Waals surface area contributed by atoms with Crippen LogP contribution >= 0.6 is 0 Å². The van der Waals surface area contributed by atoms with Gasteiger partial charge in [-0.3, -0.25) is 19.7 Å². The van der Waals surface area contributed by atoms with Crippen molar-refractivity contribution >= 4 is 29.3 Å². The number of nitrogens with zero attached hydrogens (tertiary/aromatic N) is 1. The summed E-state index contributed by atoms with van der Waals surface area (Å²) in [4.78, 5) is 47.8. The Balaban J connectivity index is 1.49. The van der Waals surface area contributed by atoms with Gasteiger partial charge in [-0.05, 0) is 29.8 Å². The molecule has 3 aromatic rings. The van der Waals surface area contributed by atoms with E-state index in [9.17, 15) is 24.5 Å². The predicted molar refractivity (Wildman–Crippen MR) is 120 cm³/mol. The number of Topliss-reactive ketones (excluding diaryl/α,β-unsaturated/α-hetero) is 2. The van der Waals surface area contributed by atoms with Gasteiger partial charge >= 0.3 is 11.7 Å². The van der Waals surface area contributed by atoms with Gasteiger partial charge in [0, 0.05) is 17.2 Å². The van der Waals surface area contributed by atoms with Crippen LogP contribution in [0.25, 0.3) is 6.08 Å². The van der Waals surface area contributed by atoms with E-state index < -0.39 is 17.5 Å². The lowest BCUT2D eigenvalue weighted by atomic mass is 10.1. The zero-order chi connectivity index (χ0) is 24.2. The van der Waals surface area contributed by atoms with Crippen LogP contribution in [0.15, 0.2) is 72.3 Å². The second kappa shape index (κ2) is 9.37. The van der Waals surface area contributed by atoms with Gasteiger partial charge in [0.1, 0.15) is 0 Å². The Morgan fingerprint density at radius 3 is 2.21 bits per heavy atom. The molecule has 1 aliphatic carbocycles. The molecule has 0 amide bonds. The summed E-state index contributed by atoms with van der Waals surface area (Å²) in [5.41, 5.74) is 0.969. The number of carbonyl (C=O) groups excluding carboxylic acids is 3. The van der Waals surface area contributed by atoms with Crippen molar-refractivity contribution in [2.45, 2.75) is 0 Å². The SMILES string of the molecule is COc1cc(C=C2C(=O)c3ccccc3C2=O)ccc1OC(=O)COc1ccccc1[N+](=O)[O-]. The number of para-hydroxylation sites is 2. The van der Waals surface area contributed by atoms with Crippen molar-refractivity contribution in [2.24, 2.45) is 0 Å². The monoisotopic (exact) mass is 459 g/mol. The molecule has 0 spiro atoms. The average molecular weight is 459 g/mol. The lowest BCUT2D eigenvalue weighted by molar-refractivity contribution is -0.385. The Morgan fingerprint density at radius 1 is 0.912 bits per heavy atom. The van der Waals surface area contributed by atoms with Gasteiger partial charge in [-0.25, -0.2) is 4.79 Å². The highest BCUT2D eigenvalue weighted by Crippen LogP contribution is 2.32. The first-order chi connectivity index (χ1) is 16.4. The predicted octanol–water partition coefficient (Wildman–Crippen LogP) is 4.05. The molecule has 0 atom stereocenters. The zero-order valence-corrected chi connectivity index (χ0v) is 17.8. The second-order valence-corrected chi connectivity index (χ2v) is 7.16. The Bertz CT molecular complexity index is 1320. The van der Waals surface area contributed by atoms with Crippen LogP contribution < -0.4 is 14.2 Å². The van der Waals surface area contributed by atoms with Crippen LogP contribution in [0.3, 0.4) is 0 Å². The maximum Gasteiger partial charge on any atom is 0.349 e. The molecule has 0 saturated heterocycles. The number of ketones is 2. The molecule has 0 N–H and O–H groups in total. The van der Waals surface area contributed by atoms with Crippen molar-refractivity contribution < 1.29 is 33.5 Å². The van der Waals surface area contributed by atoms with Crippen molar-refractivity contribution in [3.8, 4) is 17.2 Å². The fourth-order valence-corrected chi connectivity index (χ4v) is 3.45. The summed E-state index contributed by atoms with van der Waals surface area (Å²) in [5.74, 6) is -1.33. The number of allylic oxidation sites excluding steroid dienone is 1. The van der Waals surface area contributed by atoms with Crippen LogP contribution in [0.4, 0.5) is 5.69 Å². The molecule has 0 aliphatic heterocycles. The first-order valence-corrected chi connectivity index (χ1v) is 10.0. The number of benzene rings is 3. The van der Waals surface area contributed by atoms with Crippen molar-refractivity contribution in [3.05, 3.63) is 99.1 Å². The van der Waals surface area contributed by atoms with Gasteiger partial charge in [-0.15, -0.1) is 0 Å². The summed E-state index contributed by atoms with van der Waals surface area (Å²) in [6.07, 6.45) is 1.45. The van der Waals surface area contributed by atoms with Crippen molar-refractivity contribution in [3.63, 3.8) is 0 Å². The number of rotatable bonds is 7. The van der Waals surface area contributed by atoms with E-state index in [-0.39, 0.29) is 40.1 Å². The van der Waals surface area contributed by atoms with Gasteiger partial charge in [0.25, 0.3) is 0 Å². The number of hydrogen-bond donors (Lipinski definition) is 0. The number of methoxy groups -OCH3 is 1. The molecule has 0 unspecified atom stereocenters. The van der Waals surface area contributed by atoms with E-state index in [1.54, 1.807) is 36.4 Å². The van der Waals surface area contributed by atoms with E-state index in [1.807, 2.05) is 0 Å². The molecule has 170 valence electrons. The number of esters is 1. The first-order valence-electron chi connectivity index (χ1n) is 10.0. The van der Waals surface area contributed by atoms with Gasteiger partial charge in [0.2, 0.25) is 0 Å². The summed E-state index contributed by atoms with van der Waals surface area (Å²) in [7, 11) is 1.37. The highest BCUT2D eigenvalue weighted by atomic mass is 16.6. The molecule has 0 radical (unpaired) electrons. The lowest BCUT2D eigenvalue weighted by Crippen LogP contribution is -2.18. The largest absolute Gasteiger partial charge is 0.493 e. The third-order valence-electron chi connectivity index (χ3n) is 5.04. The number of carbonyl (C=O) groups is 3. The van der Waals surface area contributed by atoms with E-state index in [2.05, 4.69) is 0 Å². The minimum absolute atomic E-state index is 0.0332. The number of nitro benzene ring substituents is 1. The number of ether oxygens (including phenoxy) is 3. The normalized spacial score (nSPS) is 12.2. The smallest absolute Gasteiger partial charge is 0.349 e. The number of nitro groups is 1. The van der Waals surface area contributed by atoms with Crippen LogP contribution in [-0.2, 0) is 4.79 Å². The molecule has 0 fully saturated rings. The van der Waals surface area contributed by atoms with Gasteiger partial charge in [-0.1, -0.05) is 42.5 Å². The quantitative estimate of drug-likeness (QED) is 0.130. The van der Waals surface area contributed by atoms with Crippen LogP contribution in [0, 0.1) is 10.1 Å². The van der Waals surface area contributed by atoms with E-state index in [0.717, 1.165) is 0 Å². The van der Waals surface area contributed by atoms with Crippen LogP contribution in [0.2, 0.25) is 0 Å². The molecule has 1 aliphatic rings. The molecule has 0 aromatic heterocycles. The Morgan fingerprint density at radius 2 is 1.56 bits per heavy atom. The molecular formula is C25H17NO8. The molecule has 3 aromatic carbocycles. The summed E-state index contributed by atoms with van der Waals surface area (Å²) in [5, 5.41) is 11.0. The minimum Gasteiger partial charge on any atom is -0.493 e. The molecular weight excluding hydrogens is 442 g/mol. The highest BCUT2D eigenvalue weighted by molar-refractivity contribution is 6.41. The van der Waals surface area contributed by atoms with Crippen molar-refractivity contribution in [1.29, 1.82) is 0 Å². The van der Waals surface area contributed by atoms with Crippen molar-refractivity contribution in [2.75, 3.05) is 13.7 Å². The fourth-order valence-electron chi connectivity index (χ4n) is 3.45. The van der Waals surface area contributed by atoms with Crippen LogP contribution in [0.5, 0.6) is 17.2 Å². The second-order valence-electron chi connectivity index (χ2n) is 7.16. The molecule has 9 heteroatoms. The molecule has 9 nitrogen and oxygen atoms in total. The first kappa shape index (κ1) is 22.4. The number of fused-ring (bicyclic) bond motifs is 1. The zero-order valence-electron chi connectivity index (χ0n) is 17.8. The van der Waals surface area contributed by atoms with Crippen LogP contribution in [0.1, 0.15) is 26.3 Å². The topological polar surface area (TPSA) is 122 Å². The molecule has 0 saturated carbocycles. The maximum absolute atomic E-state index is 12.6. The highest BCUT2D eigenvalue weighted by Gasteiger charge is 2.32. The third-order valence-corrected chi connectivity index (χ3v) is 5.04. The summed E-state index contributed by atoms with van der Waals surface area (Å²) < 4.78 is 15.8. The van der Waals surface area contributed by atoms with Gasteiger partial charge < -0.3 is 14.2 Å². The van der Waals surface area contributed by atoms with E-state index in [4.69, 9.17) is 14.2 Å².